The fourth-order valence-electron chi connectivity index (χ4n) is 2.70. The molecule has 0 bridgehead atoms. The molecule has 2 aromatic heterocycles. The largest absolute Gasteiger partial charge is 0.396 e. The molecule has 2 atom stereocenters. The van der Waals surface area contributed by atoms with Gasteiger partial charge in [-0.1, -0.05) is 12.8 Å². The van der Waals surface area contributed by atoms with E-state index in [0.29, 0.717) is 11.6 Å². The molecule has 1 saturated carbocycles. The van der Waals surface area contributed by atoms with Gasteiger partial charge in [0.05, 0.1) is 6.20 Å². The number of aliphatic hydroxyl groups is 1. The Morgan fingerprint density at radius 3 is 3.05 bits per heavy atom. The third-order valence-electron chi connectivity index (χ3n) is 3.75. The first-order valence-corrected chi connectivity index (χ1v) is 6.65. The molecule has 2 N–H and O–H groups in total. The van der Waals surface area contributed by atoms with Crippen molar-refractivity contribution >= 4 is 11.6 Å². The predicted octanol–water partition coefficient (Wildman–Crippen LogP) is 1.83. The molecule has 0 saturated heterocycles. The lowest BCUT2D eigenvalue weighted by Crippen LogP contribution is -2.34. The number of anilines is 1. The summed E-state index contributed by atoms with van der Waals surface area (Å²) in [5.74, 6) is 0.405. The molecule has 0 spiro atoms. The van der Waals surface area contributed by atoms with Gasteiger partial charge in [0.25, 0.3) is 0 Å². The fourth-order valence-corrected chi connectivity index (χ4v) is 2.70. The summed E-state index contributed by atoms with van der Waals surface area (Å²) in [6.07, 6.45) is 5.65. The Morgan fingerprint density at radius 1 is 1.37 bits per heavy atom. The second-order valence-electron chi connectivity index (χ2n) is 5.06. The minimum atomic E-state index is -0.338. The second kappa shape index (κ2) is 5.13. The fraction of sp³-hybridized carbons (Fsp3) is 0.538. The van der Waals surface area contributed by atoms with Crippen molar-refractivity contribution in [2.24, 2.45) is 5.92 Å². The molecule has 0 amide bonds. The molecule has 2 aromatic rings. The summed E-state index contributed by atoms with van der Waals surface area (Å²) in [5.41, 5.74) is 0.611. The van der Waals surface area contributed by atoms with Crippen LogP contribution in [0.4, 0.5) is 10.3 Å². The molecule has 3 rings (SSSR count). The number of halogens is 1. The third kappa shape index (κ3) is 2.53. The SMILES string of the molecule is OCC1CCCCC1Nc1nc2ccc(F)cn2n1. The molecule has 2 unspecified atom stereocenters. The van der Waals surface area contributed by atoms with Crippen LogP contribution in [0.2, 0.25) is 0 Å². The van der Waals surface area contributed by atoms with Crippen LogP contribution in [-0.4, -0.2) is 32.4 Å². The molecule has 1 aliphatic rings. The molecule has 5 nitrogen and oxygen atoms in total. The highest BCUT2D eigenvalue weighted by atomic mass is 19.1. The van der Waals surface area contributed by atoms with Crippen LogP contribution in [0.1, 0.15) is 25.7 Å². The van der Waals surface area contributed by atoms with Gasteiger partial charge >= 0.3 is 0 Å². The van der Waals surface area contributed by atoms with Gasteiger partial charge in [0.15, 0.2) is 5.65 Å². The topological polar surface area (TPSA) is 62.5 Å². The van der Waals surface area contributed by atoms with Crippen LogP contribution < -0.4 is 5.32 Å². The van der Waals surface area contributed by atoms with Crippen molar-refractivity contribution in [1.82, 2.24) is 14.6 Å². The molecule has 102 valence electrons. The lowest BCUT2D eigenvalue weighted by atomic mass is 9.85. The summed E-state index contributed by atoms with van der Waals surface area (Å²) in [4.78, 5) is 4.31. The Bertz CT molecular complexity index is 571. The monoisotopic (exact) mass is 264 g/mol. The summed E-state index contributed by atoms with van der Waals surface area (Å²) in [5, 5.41) is 16.9. The number of rotatable bonds is 3. The number of hydrogen-bond acceptors (Lipinski definition) is 4. The van der Waals surface area contributed by atoms with Crippen LogP contribution >= 0.6 is 0 Å². The summed E-state index contributed by atoms with van der Waals surface area (Å²) < 4.78 is 14.5. The molecular weight excluding hydrogens is 247 g/mol. The summed E-state index contributed by atoms with van der Waals surface area (Å²) in [7, 11) is 0. The normalized spacial score (nSPS) is 23.7. The summed E-state index contributed by atoms with van der Waals surface area (Å²) in [6.45, 7) is 0.180. The van der Waals surface area contributed by atoms with Gasteiger partial charge in [0, 0.05) is 18.6 Å². The van der Waals surface area contributed by atoms with Gasteiger partial charge < -0.3 is 10.4 Å². The third-order valence-corrected chi connectivity index (χ3v) is 3.75. The highest BCUT2D eigenvalue weighted by Crippen LogP contribution is 2.26. The summed E-state index contributed by atoms with van der Waals surface area (Å²) in [6, 6.07) is 3.16. The van der Waals surface area contributed by atoms with Gasteiger partial charge in [-0.2, -0.15) is 4.98 Å². The predicted molar refractivity (Wildman–Crippen MR) is 69.4 cm³/mol. The van der Waals surface area contributed by atoms with E-state index in [0.717, 1.165) is 25.7 Å². The van der Waals surface area contributed by atoms with E-state index in [4.69, 9.17) is 0 Å². The smallest absolute Gasteiger partial charge is 0.243 e. The standard InChI is InChI=1S/C13H17FN4O/c14-10-5-6-12-16-13(17-18(12)7-10)15-11-4-2-1-3-9(11)8-19/h5-7,9,11,19H,1-4,8H2,(H,15,17). The van der Waals surface area contributed by atoms with Crippen LogP contribution in [0, 0.1) is 11.7 Å². The Kier molecular flexibility index (Phi) is 3.33. The van der Waals surface area contributed by atoms with Crippen LogP contribution in [0.5, 0.6) is 0 Å². The number of hydrogen-bond donors (Lipinski definition) is 2. The molecule has 1 fully saturated rings. The number of aliphatic hydroxyl groups excluding tert-OH is 1. The first-order chi connectivity index (χ1) is 9.26. The van der Waals surface area contributed by atoms with E-state index in [9.17, 15) is 9.50 Å². The molecule has 0 radical (unpaired) electrons. The molecular formula is C13H17FN4O. The molecule has 2 heterocycles. The van der Waals surface area contributed by atoms with E-state index in [-0.39, 0.29) is 24.4 Å². The highest BCUT2D eigenvalue weighted by molar-refractivity contribution is 5.43. The van der Waals surface area contributed by atoms with E-state index in [1.165, 1.54) is 16.8 Å². The van der Waals surface area contributed by atoms with Crippen molar-refractivity contribution in [2.45, 2.75) is 31.7 Å². The van der Waals surface area contributed by atoms with Crippen molar-refractivity contribution in [3.63, 3.8) is 0 Å². The van der Waals surface area contributed by atoms with Crippen LogP contribution in [0.15, 0.2) is 18.3 Å². The van der Waals surface area contributed by atoms with E-state index in [1.54, 1.807) is 6.07 Å². The van der Waals surface area contributed by atoms with Crippen LogP contribution in [0.3, 0.4) is 0 Å². The maximum atomic E-state index is 13.1. The van der Waals surface area contributed by atoms with Crippen molar-refractivity contribution in [3.05, 3.63) is 24.1 Å². The number of aromatic nitrogens is 3. The lowest BCUT2D eigenvalue weighted by molar-refractivity contribution is 0.178. The number of nitrogens with zero attached hydrogens (tertiary/aromatic N) is 3. The Labute approximate surface area is 110 Å². The Balaban J connectivity index is 1.80. The maximum absolute atomic E-state index is 13.1. The molecule has 1 aliphatic carbocycles. The van der Waals surface area contributed by atoms with Gasteiger partial charge in [0.2, 0.25) is 5.95 Å². The van der Waals surface area contributed by atoms with Gasteiger partial charge in [0.1, 0.15) is 5.82 Å². The molecule has 6 heteroatoms. The number of pyridine rings is 1. The van der Waals surface area contributed by atoms with E-state index >= 15 is 0 Å². The molecule has 0 aromatic carbocycles. The second-order valence-corrected chi connectivity index (χ2v) is 5.06. The van der Waals surface area contributed by atoms with Crippen LogP contribution in [-0.2, 0) is 0 Å². The van der Waals surface area contributed by atoms with Crippen molar-refractivity contribution in [3.8, 4) is 0 Å². The Hall–Kier alpha value is -1.69. The zero-order valence-electron chi connectivity index (χ0n) is 10.6. The summed E-state index contributed by atoms with van der Waals surface area (Å²) >= 11 is 0. The van der Waals surface area contributed by atoms with E-state index in [2.05, 4.69) is 15.4 Å². The van der Waals surface area contributed by atoms with Gasteiger partial charge in [-0.3, -0.25) is 0 Å². The van der Waals surface area contributed by atoms with Crippen molar-refractivity contribution in [1.29, 1.82) is 0 Å². The zero-order chi connectivity index (χ0) is 13.2. The zero-order valence-corrected chi connectivity index (χ0v) is 10.6. The van der Waals surface area contributed by atoms with Crippen molar-refractivity contribution in [2.75, 3.05) is 11.9 Å². The maximum Gasteiger partial charge on any atom is 0.243 e. The first-order valence-electron chi connectivity index (χ1n) is 6.65. The Morgan fingerprint density at radius 2 is 2.21 bits per heavy atom. The van der Waals surface area contributed by atoms with Gasteiger partial charge in [-0.15, -0.1) is 5.10 Å². The van der Waals surface area contributed by atoms with Crippen molar-refractivity contribution < 1.29 is 9.50 Å². The van der Waals surface area contributed by atoms with E-state index in [1.807, 2.05) is 0 Å². The first kappa shape index (κ1) is 12.3. The van der Waals surface area contributed by atoms with E-state index < -0.39 is 0 Å². The number of nitrogens with one attached hydrogen (secondary N) is 1. The van der Waals surface area contributed by atoms with Crippen LogP contribution in [0.25, 0.3) is 5.65 Å². The number of fused-ring (bicyclic) bond motifs is 1. The molecule has 19 heavy (non-hydrogen) atoms. The minimum Gasteiger partial charge on any atom is -0.396 e. The minimum absolute atomic E-state index is 0.180. The quantitative estimate of drug-likeness (QED) is 0.888. The average Bonchev–Trinajstić information content (AvgIpc) is 2.80. The molecule has 0 aliphatic heterocycles. The average molecular weight is 264 g/mol. The highest BCUT2D eigenvalue weighted by Gasteiger charge is 2.25. The lowest BCUT2D eigenvalue weighted by Gasteiger charge is -2.30. The van der Waals surface area contributed by atoms with Gasteiger partial charge in [-0.05, 0) is 25.0 Å². The van der Waals surface area contributed by atoms with Gasteiger partial charge in [-0.25, -0.2) is 8.91 Å².